The second-order valence-electron chi connectivity index (χ2n) is 9.36. The van der Waals surface area contributed by atoms with Gasteiger partial charge in [-0.25, -0.2) is 0 Å². The number of rotatable bonds is 5. The first-order chi connectivity index (χ1) is 12.9. The topological polar surface area (TPSA) is 47.6 Å². The van der Waals surface area contributed by atoms with Crippen LogP contribution in [0.5, 0.6) is 5.75 Å². The van der Waals surface area contributed by atoms with Crippen LogP contribution in [0.15, 0.2) is 24.3 Å². The van der Waals surface area contributed by atoms with Crippen molar-refractivity contribution in [3.05, 3.63) is 29.8 Å². The molecule has 2 aliphatic carbocycles. The number of amides is 1. The lowest BCUT2D eigenvalue weighted by Gasteiger charge is -2.53. The molecule has 27 heavy (non-hydrogen) atoms. The molecular formula is C23H33NO3. The summed E-state index contributed by atoms with van der Waals surface area (Å²) in [6.07, 6.45) is 4.47. The largest absolute Gasteiger partial charge is 0.493 e. The van der Waals surface area contributed by atoms with Crippen molar-refractivity contribution in [2.24, 2.45) is 22.7 Å². The van der Waals surface area contributed by atoms with Gasteiger partial charge >= 0.3 is 0 Å². The number of ether oxygens (including phenoxy) is 2. The number of hydrogen-bond donors (Lipinski definition) is 1. The van der Waals surface area contributed by atoms with Gasteiger partial charge in [0.05, 0.1) is 12.7 Å². The van der Waals surface area contributed by atoms with E-state index in [2.05, 4.69) is 44.3 Å². The SMILES string of the molecule is CCCOc1ccccc1[C@H]1OCC[C@@]23C[C@@H](C[C@H]12)C(C)(C)[C@@H]3NC(C)=O. The second kappa shape index (κ2) is 6.80. The summed E-state index contributed by atoms with van der Waals surface area (Å²) < 4.78 is 12.4. The van der Waals surface area contributed by atoms with Gasteiger partial charge in [-0.3, -0.25) is 4.79 Å². The van der Waals surface area contributed by atoms with Crippen molar-refractivity contribution in [1.29, 1.82) is 0 Å². The van der Waals surface area contributed by atoms with E-state index in [-0.39, 0.29) is 28.9 Å². The molecule has 1 heterocycles. The fraction of sp³-hybridized carbons (Fsp3) is 0.696. The van der Waals surface area contributed by atoms with E-state index >= 15 is 0 Å². The Bertz CT molecular complexity index is 715. The van der Waals surface area contributed by atoms with Crippen LogP contribution in [0.25, 0.3) is 0 Å². The number of benzene rings is 1. The van der Waals surface area contributed by atoms with Crippen molar-refractivity contribution < 1.29 is 14.3 Å². The highest BCUT2D eigenvalue weighted by atomic mass is 16.5. The number of para-hydroxylation sites is 1. The minimum atomic E-state index is 0.0594. The molecule has 0 aromatic heterocycles. The van der Waals surface area contributed by atoms with Gasteiger partial charge in [-0.2, -0.15) is 0 Å². The standard InChI is InChI=1S/C23H33NO3/c1-5-11-26-19-9-7-6-8-17(19)20-18-13-16-14-23(18,10-12-27-20)21(22(16,3)4)24-15(2)25/h6-9,16,18,20-21H,5,10-14H2,1-4H3,(H,24,25)/t16-,18-,20-,21+,23-/m1/s1. The highest BCUT2D eigenvalue weighted by molar-refractivity contribution is 5.73. The average molecular weight is 372 g/mol. The van der Waals surface area contributed by atoms with Crippen LogP contribution in [0.4, 0.5) is 0 Å². The predicted octanol–water partition coefficient (Wildman–Crippen LogP) is 4.49. The fourth-order valence-electron chi connectivity index (χ4n) is 6.36. The van der Waals surface area contributed by atoms with Crippen LogP contribution in [0, 0.1) is 22.7 Å². The van der Waals surface area contributed by atoms with Gasteiger partial charge in [-0.05, 0) is 54.4 Å². The minimum Gasteiger partial charge on any atom is -0.493 e. The molecule has 2 bridgehead atoms. The third-order valence-corrected chi connectivity index (χ3v) is 7.54. The van der Waals surface area contributed by atoms with E-state index < -0.39 is 0 Å². The van der Waals surface area contributed by atoms with Gasteiger partial charge in [0.25, 0.3) is 0 Å². The molecule has 3 fully saturated rings. The molecule has 1 aliphatic heterocycles. The minimum absolute atomic E-state index is 0.0594. The van der Waals surface area contributed by atoms with E-state index in [9.17, 15) is 4.79 Å². The predicted molar refractivity (Wildman–Crippen MR) is 106 cm³/mol. The van der Waals surface area contributed by atoms with Crippen molar-refractivity contribution >= 4 is 5.91 Å². The van der Waals surface area contributed by atoms with E-state index in [1.165, 1.54) is 18.4 Å². The van der Waals surface area contributed by atoms with Crippen molar-refractivity contribution in [3.63, 3.8) is 0 Å². The quantitative estimate of drug-likeness (QED) is 0.829. The Kier molecular flexibility index (Phi) is 4.74. The first-order valence-corrected chi connectivity index (χ1v) is 10.5. The molecule has 148 valence electrons. The summed E-state index contributed by atoms with van der Waals surface area (Å²) >= 11 is 0. The lowest BCUT2D eigenvalue weighted by Crippen LogP contribution is -2.58. The molecular weight excluding hydrogens is 338 g/mol. The van der Waals surface area contributed by atoms with E-state index in [1.54, 1.807) is 6.92 Å². The third-order valence-electron chi connectivity index (χ3n) is 7.54. The lowest BCUT2D eigenvalue weighted by molar-refractivity contribution is -0.136. The number of carbonyl (C=O) groups is 1. The molecule has 1 amide bonds. The summed E-state index contributed by atoms with van der Waals surface area (Å²) in [7, 11) is 0. The molecule has 2 saturated carbocycles. The van der Waals surface area contributed by atoms with Crippen molar-refractivity contribution in [2.75, 3.05) is 13.2 Å². The van der Waals surface area contributed by atoms with Gasteiger partial charge in [-0.1, -0.05) is 39.0 Å². The number of carbonyl (C=O) groups excluding carboxylic acids is 1. The molecule has 1 N–H and O–H groups in total. The van der Waals surface area contributed by atoms with Crippen LogP contribution < -0.4 is 10.1 Å². The maximum atomic E-state index is 12.0. The average Bonchev–Trinajstić information content (AvgIpc) is 3.13. The van der Waals surface area contributed by atoms with Gasteiger partial charge in [0, 0.05) is 25.1 Å². The first-order valence-electron chi connectivity index (χ1n) is 10.5. The van der Waals surface area contributed by atoms with Crippen LogP contribution in [-0.4, -0.2) is 25.2 Å². The Hall–Kier alpha value is -1.55. The maximum absolute atomic E-state index is 12.0. The molecule has 0 radical (unpaired) electrons. The summed E-state index contributed by atoms with van der Waals surface area (Å²) in [6.45, 7) is 9.94. The van der Waals surface area contributed by atoms with Gasteiger partial charge in [0.2, 0.25) is 5.91 Å². The van der Waals surface area contributed by atoms with E-state index in [0.29, 0.717) is 11.8 Å². The third kappa shape index (κ3) is 2.88. The second-order valence-corrected chi connectivity index (χ2v) is 9.36. The molecule has 1 saturated heterocycles. The maximum Gasteiger partial charge on any atom is 0.217 e. The van der Waals surface area contributed by atoms with Crippen LogP contribution in [-0.2, 0) is 9.53 Å². The van der Waals surface area contributed by atoms with Gasteiger partial charge < -0.3 is 14.8 Å². The number of nitrogens with one attached hydrogen (secondary N) is 1. The van der Waals surface area contributed by atoms with Crippen LogP contribution in [0.2, 0.25) is 0 Å². The Morgan fingerprint density at radius 3 is 2.85 bits per heavy atom. The van der Waals surface area contributed by atoms with Gasteiger partial charge in [0.1, 0.15) is 5.75 Å². The molecule has 3 aliphatic rings. The monoisotopic (exact) mass is 371 g/mol. The summed E-state index contributed by atoms with van der Waals surface area (Å²) in [5, 5.41) is 3.35. The summed E-state index contributed by atoms with van der Waals surface area (Å²) in [4.78, 5) is 12.0. The zero-order chi connectivity index (χ0) is 19.2. The Morgan fingerprint density at radius 1 is 1.33 bits per heavy atom. The Labute approximate surface area is 163 Å². The van der Waals surface area contributed by atoms with Crippen molar-refractivity contribution in [3.8, 4) is 5.75 Å². The van der Waals surface area contributed by atoms with Crippen molar-refractivity contribution in [2.45, 2.75) is 65.5 Å². The summed E-state index contributed by atoms with van der Waals surface area (Å²) in [6, 6.07) is 8.58. The van der Waals surface area contributed by atoms with Crippen LogP contribution in [0.3, 0.4) is 0 Å². The summed E-state index contributed by atoms with van der Waals surface area (Å²) in [5.41, 5.74) is 1.46. The molecule has 0 unspecified atom stereocenters. The highest BCUT2D eigenvalue weighted by Crippen LogP contribution is 2.70. The molecule has 5 atom stereocenters. The highest BCUT2D eigenvalue weighted by Gasteiger charge is 2.68. The van der Waals surface area contributed by atoms with Gasteiger partial charge in [-0.15, -0.1) is 0 Å². The number of fused-ring (bicyclic) bond motifs is 1. The summed E-state index contributed by atoms with van der Waals surface area (Å²) in [5.74, 6) is 2.11. The molecule has 1 aromatic carbocycles. The first kappa shape index (κ1) is 18.8. The normalized spacial score (nSPS) is 36.3. The number of hydrogen-bond acceptors (Lipinski definition) is 3. The smallest absolute Gasteiger partial charge is 0.217 e. The van der Waals surface area contributed by atoms with E-state index in [1.807, 2.05) is 6.07 Å². The molecule has 4 nitrogen and oxygen atoms in total. The molecule has 4 rings (SSSR count). The fourth-order valence-corrected chi connectivity index (χ4v) is 6.36. The van der Waals surface area contributed by atoms with Crippen LogP contribution >= 0.6 is 0 Å². The lowest BCUT2D eigenvalue weighted by atomic mass is 9.58. The van der Waals surface area contributed by atoms with E-state index in [0.717, 1.165) is 31.8 Å². The van der Waals surface area contributed by atoms with Gasteiger partial charge in [0.15, 0.2) is 0 Å². The molecule has 1 spiro atoms. The van der Waals surface area contributed by atoms with E-state index in [4.69, 9.17) is 9.47 Å². The zero-order valence-electron chi connectivity index (χ0n) is 17.1. The Morgan fingerprint density at radius 2 is 2.11 bits per heavy atom. The molecule has 1 aromatic rings. The molecule has 4 heteroatoms. The van der Waals surface area contributed by atoms with Crippen LogP contribution in [0.1, 0.15) is 65.0 Å². The van der Waals surface area contributed by atoms with Crippen molar-refractivity contribution in [1.82, 2.24) is 5.32 Å². The Balaban J connectivity index is 1.69. The zero-order valence-corrected chi connectivity index (χ0v) is 17.1.